The molecular formula is C15H16ClO3P. The van der Waals surface area contributed by atoms with Crippen LogP contribution in [-0.2, 0) is 19.8 Å². The summed E-state index contributed by atoms with van der Waals surface area (Å²) >= 11 is 6.07. The van der Waals surface area contributed by atoms with Crippen LogP contribution in [0.1, 0.15) is 5.56 Å². The van der Waals surface area contributed by atoms with Crippen molar-refractivity contribution in [2.45, 2.75) is 6.16 Å². The van der Waals surface area contributed by atoms with Crippen molar-refractivity contribution in [3.63, 3.8) is 0 Å². The van der Waals surface area contributed by atoms with E-state index in [9.17, 15) is 4.57 Å². The second-order valence-corrected chi connectivity index (χ2v) is 7.01. The topological polar surface area (TPSA) is 35.5 Å². The van der Waals surface area contributed by atoms with Crippen molar-refractivity contribution in [1.29, 1.82) is 0 Å². The van der Waals surface area contributed by atoms with Crippen molar-refractivity contribution in [2.75, 3.05) is 14.2 Å². The second-order valence-electron chi connectivity index (χ2n) is 4.30. The summed E-state index contributed by atoms with van der Waals surface area (Å²) in [6.45, 7) is 0. The lowest BCUT2D eigenvalue weighted by atomic mass is 10.0. The summed E-state index contributed by atoms with van der Waals surface area (Å²) in [6.07, 6.45) is 0.210. The molecule has 0 aliphatic heterocycles. The Labute approximate surface area is 124 Å². The Morgan fingerprint density at radius 2 is 1.70 bits per heavy atom. The van der Waals surface area contributed by atoms with Crippen molar-refractivity contribution in [3.8, 4) is 11.1 Å². The smallest absolute Gasteiger partial charge is 0.312 e. The van der Waals surface area contributed by atoms with Crippen LogP contribution in [0, 0.1) is 0 Å². The average molecular weight is 311 g/mol. The SMILES string of the molecule is COP(=O)(Cc1ccc(Cl)cc1-c1ccccc1)OC. The molecule has 106 valence electrons. The van der Waals surface area contributed by atoms with Crippen molar-refractivity contribution in [1.82, 2.24) is 0 Å². The summed E-state index contributed by atoms with van der Waals surface area (Å²) in [5.41, 5.74) is 2.84. The molecule has 5 heteroatoms. The van der Waals surface area contributed by atoms with Crippen LogP contribution in [-0.4, -0.2) is 14.2 Å². The zero-order valence-corrected chi connectivity index (χ0v) is 13.0. The fourth-order valence-electron chi connectivity index (χ4n) is 1.99. The van der Waals surface area contributed by atoms with Crippen molar-refractivity contribution in [2.24, 2.45) is 0 Å². The van der Waals surface area contributed by atoms with Crippen LogP contribution in [0.5, 0.6) is 0 Å². The molecule has 0 saturated carbocycles. The molecular weight excluding hydrogens is 295 g/mol. The van der Waals surface area contributed by atoms with E-state index in [1.807, 2.05) is 42.5 Å². The minimum absolute atomic E-state index is 0.210. The van der Waals surface area contributed by atoms with Crippen LogP contribution in [0.3, 0.4) is 0 Å². The highest BCUT2D eigenvalue weighted by Crippen LogP contribution is 2.51. The second kappa shape index (κ2) is 6.55. The molecule has 0 aliphatic carbocycles. The van der Waals surface area contributed by atoms with E-state index >= 15 is 0 Å². The van der Waals surface area contributed by atoms with Gasteiger partial charge in [-0.25, -0.2) is 0 Å². The van der Waals surface area contributed by atoms with Crippen molar-refractivity contribution < 1.29 is 13.6 Å². The summed E-state index contributed by atoms with van der Waals surface area (Å²) in [6, 6.07) is 15.3. The van der Waals surface area contributed by atoms with Crippen LogP contribution in [0.25, 0.3) is 11.1 Å². The maximum Gasteiger partial charge on any atom is 0.334 e. The number of benzene rings is 2. The zero-order valence-electron chi connectivity index (χ0n) is 11.4. The summed E-state index contributed by atoms with van der Waals surface area (Å²) in [5.74, 6) is 0. The highest BCUT2D eigenvalue weighted by molar-refractivity contribution is 7.52. The highest BCUT2D eigenvalue weighted by Gasteiger charge is 2.23. The lowest BCUT2D eigenvalue weighted by molar-refractivity contribution is 0.275. The summed E-state index contributed by atoms with van der Waals surface area (Å²) in [4.78, 5) is 0. The monoisotopic (exact) mass is 310 g/mol. The van der Waals surface area contributed by atoms with E-state index in [-0.39, 0.29) is 6.16 Å². The minimum Gasteiger partial charge on any atom is -0.312 e. The van der Waals surface area contributed by atoms with Gasteiger partial charge in [0.25, 0.3) is 0 Å². The molecule has 0 radical (unpaired) electrons. The quantitative estimate of drug-likeness (QED) is 0.730. The van der Waals surface area contributed by atoms with Crippen molar-refractivity contribution >= 4 is 19.2 Å². The first-order chi connectivity index (χ1) is 9.58. The van der Waals surface area contributed by atoms with Gasteiger partial charge in [-0.15, -0.1) is 0 Å². The number of hydrogen-bond acceptors (Lipinski definition) is 3. The van der Waals surface area contributed by atoms with Gasteiger partial charge in [0.05, 0.1) is 6.16 Å². The van der Waals surface area contributed by atoms with Gasteiger partial charge < -0.3 is 9.05 Å². The molecule has 0 heterocycles. The Hall–Kier alpha value is -1.12. The van der Waals surface area contributed by atoms with Crippen LogP contribution in [0.15, 0.2) is 48.5 Å². The van der Waals surface area contributed by atoms with Gasteiger partial charge in [0.2, 0.25) is 0 Å². The minimum atomic E-state index is -3.11. The maximum absolute atomic E-state index is 12.3. The van der Waals surface area contributed by atoms with Gasteiger partial charge in [-0.3, -0.25) is 4.57 Å². The third-order valence-corrected chi connectivity index (χ3v) is 5.15. The molecule has 0 N–H and O–H groups in total. The molecule has 0 aliphatic rings. The molecule has 0 spiro atoms. The van der Waals surface area contributed by atoms with E-state index in [0.29, 0.717) is 5.02 Å². The summed E-state index contributed by atoms with van der Waals surface area (Å²) in [5, 5.41) is 0.636. The first kappa shape index (κ1) is 15.3. The van der Waals surface area contributed by atoms with Crippen LogP contribution >= 0.6 is 19.2 Å². The predicted molar refractivity (Wildman–Crippen MR) is 82.2 cm³/mol. The molecule has 0 saturated heterocycles. The third-order valence-electron chi connectivity index (χ3n) is 3.08. The normalized spacial score (nSPS) is 11.6. The average Bonchev–Trinajstić information content (AvgIpc) is 2.50. The number of hydrogen-bond donors (Lipinski definition) is 0. The van der Waals surface area contributed by atoms with E-state index in [1.165, 1.54) is 14.2 Å². The van der Waals surface area contributed by atoms with E-state index < -0.39 is 7.60 Å². The van der Waals surface area contributed by atoms with Gasteiger partial charge in [0, 0.05) is 19.2 Å². The lowest BCUT2D eigenvalue weighted by Gasteiger charge is -2.16. The predicted octanol–water partition coefficient (Wildman–Crippen LogP) is 4.99. The third kappa shape index (κ3) is 3.50. The summed E-state index contributed by atoms with van der Waals surface area (Å²) < 4.78 is 22.3. The van der Waals surface area contributed by atoms with Gasteiger partial charge in [0.1, 0.15) is 0 Å². The van der Waals surface area contributed by atoms with Gasteiger partial charge in [-0.1, -0.05) is 48.0 Å². The van der Waals surface area contributed by atoms with Crippen LogP contribution in [0.2, 0.25) is 5.02 Å². The molecule has 2 aromatic rings. The first-order valence-corrected chi connectivity index (χ1v) is 8.23. The Balaban J connectivity index is 2.47. The van der Waals surface area contributed by atoms with E-state index in [4.69, 9.17) is 20.6 Å². The van der Waals surface area contributed by atoms with E-state index in [2.05, 4.69) is 0 Å². The molecule has 0 bridgehead atoms. The van der Waals surface area contributed by atoms with E-state index in [0.717, 1.165) is 16.7 Å². The molecule has 20 heavy (non-hydrogen) atoms. The molecule has 0 fully saturated rings. The van der Waals surface area contributed by atoms with Crippen LogP contribution < -0.4 is 0 Å². The summed E-state index contributed by atoms with van der Waals surface area (Å²) in [7, 11) is -0.326. The fourth-order valence-corrected chi connectivity index (χ4v) is 3.26. The zero-order chi connectivity index (χ0) is 14.6. The van der Waals surface area contributed by atoms with E-state index in [1.54, 1.807) is 6.07 Å². The van der Waals surface area contributed by atoms with Crippen LogP contribution in [0.4, 0.5) is 0 Å². The molecule has 0 unspecified atom stereocenters. The Bertz CT molecular complexity index is 620. The Morgan fingerprint density at radius 1 is 1.05 bits per heavy atom. The number of rotatable bonds is 5. The highest BCUT2D eigenvalue weighted by atomic mass is 35.5. The Kier molecular flexibility index (Phi) is 5.00. The molecule has 2 rings (SSSR count). The first-order valence-electron chi connectivity index (χ1n) is 6.12. The van der Waals surface area contributed by atoms with Gasteiger partial charge >= 0.3 is 7.60 Å². The molecule has 0 amide bonds. The maximum atomic E-state index is 12.3. The number of halogens is 1. The standard InChI is InChI=1S/C15H16ClO3P/c1-18-20(17,19-2)11-13-8-9-14(16)10-15(13)12-6-4-3-5-7-12/h3-10H,11H2,1-2H3. The van der Waals surface area contributed by atoms with Crippen molar-refractivity contribution in [3.05, 3.63) is 59.1 Å². The van der Waals surface area contributed by atoms with Gasteiger partial charge in [-0.05, 0) is 28.8 Å². The Morgan fingerprint density at radius 3 is 2.30 bits per heavy atom. The lowest BCUT2D eigenvalue weighted by Crippen LogP contribution is -1.96. The molecule has 3 nitrogen and oxygen atoms in total. The largest absolute Gasteiger partial charge is 0.334 e. The van der Waals surface area contributed by atoms with Gasteiger partial charge in [-0.2, -0.15) is 0 Å². The molecule has 0 aromatic heterocycles. The molecule has 0 atom stereocenters. The fraction of sp³-hybridized carbons (Fsp3) is 0.200. The van der Waals surface area contributed by atoms with Gasteiger partial charge in [0.15, 0.2) is 0 Å². The molecule has 2 aromatic carbocycles.